The number of aromatic amines is 1. The molecule has 0 unspecified atom stereocenters. The van der Waals surface area contributed by atoms with Crippen LogP contribution >= 0.6 is 11.6 Å². The number of anilines is 3. The summed E-state index contributed by atoms with van der Waals surface area (Å²) in [5.41, 5.74) is 11.4. The van der Waals surface area contributed by atoms with Crippen LogP contribution in [0.15, 0.2) is 79.1 Å². The summed E-state index contributed by atoms with van der Waals surface area (Å²) >= 11 is 6.42. The molecule has 2 aromatic heterocycles. The van der Waals surface area contributed by atoms with Gasteiger partial charge in [0.25, 0.3) is 0 Å². The third-order valence-corrected chi connectivity index (χ3v) is 5.41. The Balaban J connectivity index is 1.36. The second kappa shape index (κ2) is 8.80. The number of aromatic nitrogens is 3. The van der Waals surface area contributed by atoms with E-state index in [1.165, 1.54) is 18.5 Å². The van der Waals surface area contributed by atoms with Gasteiger partial charge in [0.1, 0.15) is 30.0 Å². The first-order valence-corrected chi connectivity index (χ1v) is 10.6. The summed E-state index contributed by atoms with van der Waals surface area (Å²) in [5, 5.41) is 3.70. The standard InChI is InChI=1S/C25H19ClFN5O/c26-20-11-19(8-9-23(20)33-13-15-2-1-3-17(27)10-15)31-25-24-22(29-14-30-25)12-21(32-24)16-4-6-18(28)7-5-16/h1-12,14,32H,13,28H2,(H,29,30,31). The minimum Gasteiger partial charge on any atom is -0.487 e. The number of fused-ring (bicyclic) bond motifs is 1. The minimum atomic E-state index is -0.304. The summed E-state index contributed by atoms with van der Waals surface area (Å²) in [6.07, 6.45) is 1.50. The molecular formula is C25H19ClFN5O. The van der Waals surface area contributed by atoms with Crippen molar-refractivity contribution in [3.05, 3.63) is 95.5 Å². The average molecular weight is 460 g/mol. The van der Waals surface area contributed by atoms with E-state index >= 15 is 0 Å². The Morgan fingerprint density at radius 1 is 1.00 bits per heavy atom. The van der Waals surface area contributed by atoms with Crippen molar-refractivity contribution in [2.45, 2.75) is 6.61 Å². The number of hydrogen-bond donors (Lipinski definition) is 3. The van der Waals surface area contributed by atoms with Crippen LogP contribution < -0.4 is 15.8 Å². The summed E-state index contributed by atoms with van der Waals surface area (Å²) in [6, 6.07) is 21.2. The number of H-pyrrole nitrogens is 1. The lowest BCUT2D eigenvalue weighted by atomic mass is 10.1. The molecule has 0 atom stereocenters. The first-order valence-electron chi connectivity index (χ1n) is 10.2. The quantitative estimate of drug-likeness (QED) is 0.258. The molecule has 0 spiro atoms. The highest BCUT2D eigenvalue weighted by Crippen LogP contribution is 2.32. The van der Waals surface area contributed by atoms with E-state index < -0.39 is 0 Å². The van der Waals surface area contributed by atoms with E-state index in [1.807, 2.05) is 36.4 Å². The van der Waals surface area contributed by atoms with Gasteiger partial charge in [-0.05, 0) is 59.7 Å². The molecule has 6 nitrogen and oxygen atoms in total. The number of halogens is 2. The van der Waals surface area contributed by atoms with Crippen molar-refractivity contribution < 1.29 is 9.13 Å². The summed E-state index contributed by atoms with van der Waals surface area (Å²) in [4.78, 5) is 12.1. The molecule has 5 aromatic rings. The molecule has 0 aliphatic carbocycles. The van der Waals surface area contributed by atoms with Crippen LogP contribution in [-0.4, -0.2) is 15.0 Å². The monoisotopic (exact) mass is 459 g/mol. The Morgan fingerprint density at radius 2 is 1.85 bits per heavy atom. The number of rotatable bonds is 6. The van der Waals surface area contributed by atoms with Crippen LogP contribution in [0, 0.1) is 5.82 Å². The maximum atomic E-state index is 13.3. The van der Waals surface area contributed by atoms with Crippen molar-refractivity contribution in [2.24, 2.45) is 0 Å². The molecule has 0 fully saturated rings. The predicted octanol–water partition coefficient (Wildman–Crippen LogP) is 6.32. The largest absolute Gasteiger partial charge is 0.487 e. The molecule has 0 saturated heterocycles. The van der Waals surface area contributed by atoms with Crippen LogP contribution in [0.1, 0.15) is 5.56 Å². The Morgan fingerprint density at radius 3 is 2.64 bits per heavy atom. The van der Waals surface area contributed by atoms with Crippen LogP contribution in [0.4, 0.5) is 21.6 Å². The maximum absolute atomic E-state index is 13.3. The van der Waals surface area contributed by atoms with Gasteiger partial charge in [0, 0.05) is 17.1 Å². The SMILES string of the molecule is Nc1ccc(-c2cc3ncnc(Nc4ccc(OCc5cccc(F)c5)c(Cl)c4)c3[nH]2)cc1. The number of benzene rings is 3. The van der Waals surface area contributed by atoms with Crippen molar-refractivity contribution in [3.8, 4) is 17.0 Å². The zero-order valence-corrected chi connectivity index (χ0v) is 18.1. The topological polar surface area (TPSA) is 88.8 Å². The van der Waals surface area contributed by atoms with Gasteiger partial charge in [-0.25, -0.2) is 14.4 Å². The number of nitrogens with zero attached hydrogens (tertiary/aromatic N) is 2. The Kier molecular flexibility index (Phi) is 5.54. The van der Waals surface area contributed by atoms with E-state index in [4.69, 9.17) is 22.1 Å². The van der Waals surface area contributed by atoms with E-state index in [9.17, 15) is 4.39 Å². The highest BCUT2D eigenvalue weighted by atomic mass is 35.5. The molecule has 8 heteroatoms. The molecule has 164 valence electrons. The molecule has 33 heavy (non-hydrogen) atoms. The summed E-state index contributed by atoms with van der Waals surface area (Å²) < 4.78 is 19.1. The normalized spacial score (nSPS) is 11.0. The molecule has 3 aromatic carbocycles. The Bertz CT molecular complexity index is 1430. The van der Waals surface area contributed by atoms with Crippen LogP contribution in [0.25, 0.3) is 22.3 Å². The van der Waals surface area contributed by atoms with Gasteiger partial charge in [-0.15, -0.1) is 0 Å². The third-order valence-electron chi connectivity index (χ3n) is 5.12. The molecule has 5 rings (SSSR count). The van der Waals surface area contributed by atoms with Gasteiger partial charge in [0.2, 0.25) is 0 Å². The van der Waals surface area contributed by atoms with Crippen LogP contribution in [0.2, 0.25) is 5.02 Å². The van der Waals surface area contributed by atoms with E-state index in [2.05, 4.69) is 20.3 Å². The van der Waals surface area contributed by atoms with E-state index in [1.54, 1.807) is 24.3 Å². The van der Waals surface area contributed by atoms with Crippen molar-refractivity contribution in [3.63, 3.8) is 0 Å². The van der Waals surface area contributed by atoms with Gasteiger partial charge >= 0.3 is 0 Å². The molecular weight excluding hydrogens is 441 g/mol. The maximum Gasteiger partial charge on any atom is 0.158 e. The van der Waals surface area contributed by atoms with E-state index in [-0.39, 0.29) is 12.4 Å². The van der Waals surface area contributed by atoms with Crippen molar-refractivity contribution in [2.75, 3.05) is 11.1 Å². The fourth-order valence-electron chi connectivity index (χ4n) is 3.47. The zero-order chi connectivity index (χ0) is 22.8. The molecule has 0 aliphatic heterocycles. The average Bonchev–Trinajstić information content (AvgIpc) is 3.24. The van der Waals surface area contributed by atoms with E-state index in [0.29, 0.717) is 22.3 Å². The first-order chi connectivity index (χ1) is 16.0. The van der Waals surface area contributed by atoms with Crippen LogP contribution in [-0.2, 0) is 6.61 Å². The number of ether oxygens (including phenoxy) is 1. The Hall–Kier alpha value is -4.10. The van der Waals surface area contributed by atoms with Gasteiger partial charge < -0.3 is 20.8 Å². The number of hydrogen-bond acceptors (Lipinski definition) is 5. The predicted molar refractivity (Wildman–Crippen MR) is 129 cm³/mol. The molecule has 2 heterocycles. The number of nitrogen functional groups attached to an aromatic ring is 1. The Labute approximate surface area is 194 Å². The number of nitrogens with one attached hydrogen (secondary N) is 2. The summed E-state index contributed by atoms with van der Waals surface area (Å²) in [6.45, 7) is 0.215. The highest BCUT2D eigenvalue weighted by molar-refractivity contribution is 6.32. The lowest BCUT2D eigenvalue weighted by Crippen LogP contribution is -1.98. The van der Waals surface area contributed by atoms with Gasteiger partial charge in [-0.3, -0.25) is 0 Å². The molecule has 0 amide bonds. The zero-order valence-electron chi connectivity index (χ0n) is 17.3. The van der Waals surface area contributed by atoms with Crippen molar-refractivity contribution in [1.29, 1.82) is 0 Å². The van der Waals surface area contributed by atoms with E-state index in [0.717, 1.165) is 33.5 Å². The molecule has 0 aliphatic rings. The van der Waals surface area contributed by atoms with Gasteiger partial charge in [0.05, 0.1) is 10.5 Å². The first kappa shape index (κ1) is 20.8. The fourth-order valence-corrected chi connectivity index (χ4v) is 3.71. The fraction of sp³-hybridized carbons (Fsp3) is 0.0400. The van der Waals surface area contributed by atoms with Gasteiger partial charge in [-0.2, -0.15) is 0 Å². The molecule has 0 bridgehead atoms. The van der Waals surface area contributed by atoms with Crippen LogP contribution in [0.3, 0.4) is 0 Å². The molecule has 0 saturated carbocycles. The molecule has 0 radical (unpaired) electrons. The van der Waals surface area contributed by atoms with Gasteiger partial charge in [0.15, 0.2) is 5.82 Å². The van der Waals surface area contributed by atoms with Crippen molar-refractivity contribution in [1.82, 2.24) is 15.0 Å². The minimum absolute atomic E-state index is 0.215. The van der Waals surface area contributed by atoms with Crippen molar-refractivity contribution >= 4 is 39.8 Å². The summed E-state index contributed by atoms with van der Waals surface area (Å²) in [5.74, 6) is 0.817. The third kappa shape index (κ3) is 4.58. The second-order valence-corrected chi connectivity index (χ2v) is 7.88. The summed E-state index contributed by atoms with van der Waals surface area (Å²) in [7, 11) is 0. The van der Waals surface area contributed by atoms with Crippen LogP contribution in [0.5, 0.6) is 5.75 Å². The smallest absolute Gasteiger partial charge is 0.158 e. The lowest BCUT2D eigenvalue weighted by Gasteiger charge is -2.11. The lowest BCUT2D eigenvalue weighted by molar-refractivity contribution is 0.306. The number of nitrogens with two attached hydrogens (primary N) is 1. The molecule has 4 N–H and O–H groups in total. The van der Waals surface area contributed by atoms with Gasteiger partial charge in [-0.1, -0.05) is 35.9 Å². The highest BCUT2D eigenvalue weighted by Gasteiger charge is 2.11. The second-order valence-electron chi connectivity index (χ2n) is 7.48.